The number of nitrogens with two attached hydrogens (primary N) is 2. The molecule has 0 aliphatic rings. The van der Waals surface area contributed by atoms with Gasteiger partial charge >= 0.3 is 0 Å². The lowest BCUT2D eigenvalue weighted by atomic mass is 9.96. The second-order valence-electron chi connectivity index (χ2n) is 4.34. The van der Waals surface area contributed by atoms with Crippen molar-refractivity contribution in [3.05, 3.63) is 71.8 Å². The maximum absolute atomic E-state index is 5.61. The molecule has 0 aromatic heterocycles. The summed E-state index contributed by atoms with van der Waals surface area (Å²) in [6.07, 6.45) is 0. The average molecular weight is 299 g/mol. The number of hydrogen-bond acceptors (Lipinski definition) is 4. The predicted octanol–water partition coefficient (Wildman–Crippen LogP) is 1.43. The Morgan fingerprint density at radius 2 is 1.57 bits per heavy atom. The molecule has 1 atom stereocenters. The highest BCUT2D eigenvalue weighted by Crippen LogP contribution is 2.19. The van der Waals surface area contributed by atoms with E-state index in [1.54, 1.807) is 0 Å². The predicted molar refractivity (Wildman–Crippen MR) is 89.4 cm³/mol. The molecular formula is C15H17N5S. The smallest absolute Gasteiger partial charge is 0.181 e. The molecule has 0 saturated carbocycles. The molecule has 21 heavy (non-hydrogen) atoms. The highest BCUT2D eigenvalue weighted by Gasteiger charge is 2.20. The highest BCUT2D eigenvalue weighted by atomic mass is 32.1. The van der Waals surface area contributed by atoms with Crippen LogP contribution in [0.4, 0.5) is 0 Å². The van der Waals surface area contributed by atoms with Crippen LogP contribution in [0.1, 0.15) is 17.2 Å². The molecule has 0 heterocycles. The van der Waals surface area contributed by atoms with Crippen molar-refractivity contribution >= 4 is 23.0 Å². The molecule has 0 amide bonds. The molecule has 5 nitrogen and oxygen atoms in total. The van der Waals surface area contributed by atoms with Crippen LogP contribution in [0.25, 0.3) is 0 Å². The number of thiocarbonyl (C=S) groups is 1. The van der Waals surface area contributed by atoms with E-state index in [0.717, 1.165) is 11.1 Å². The van der Waals surface area contributed by atoms with Gasteiger partial charge in [0, 0.05) is 5.56 Å². The molecule has 6 heteroatoms. The third-order valence-electron chi connectivity index (χ3n) is 3.02. The fourth-order valence-corrected chi connectivity index (χ4v) is 2.17. The first kappa shape index (κ1) is 15.0. The van der Waals surface area contributed by atoms with Gasteiger partial charge in [0.15, 0.2) is 5.11 Å². The molecule has 2 aromatic carbocycles. The van der Waals surface area contributed by atoms with Crippen molar-refractivity contribution in [3.8, 4) is 0 Å². The molecule has 0 bridgehead atoms. The van der Waals surface area contributed by atoms with E-state index >= 15 is 0 Å². The van der Waals surface area contributed by atoms with Gasteiger partial charge in [0.05, 0.1) is 11.8 Å². The van der Waals surface area contributed by atoms with Crippen molar-refractivity contribution in [1.29, 1.82) is 0 Å². The van der Waals surface area contributed by atoms with Crippen molar-refractivity contribution in [1.82, 2.24) is 10.7 Å². The fraction of sp³-hybridized carbons (Fsp3) is 0.0667. The van der Waals surface area contributed by atoms with E-state index < -0.39 is 0 Å². The summed E-state index contributed by atoms with van der Waals surface area (Å²) >= 11 is 5.11. The Morgan fingerprint density at radius 3 is 2.10 bits per heavy atom. The number of benzene rings is 2. The van der Waals surface area contributed by atoms with Crippen LogP contribution < -0.4 is 22.4 Å². The normalized spacial score (nSPS) is 12.5. The van der Waals surface area contributed by atoms with E-state index in [1.165, 1.54) is 0 Å². The zero-order valence-electron chi connectivity index (χ0n) is 11.4. The summed E-state index contributed by atoms with van der Waals surface area (Å²) in [5, 5.41) is 7.39. The van der Waals surface area contributed by atoms with Gasteiger partial charge in [-0.3, -0.25) is 0 Å². The zero-order chi connectivity index (χ0) is 15.1. The first-order valence-corrected chi connectivity index (χ1v) is 6.82. The van der Waals surface area contributed by atoms with E-state index in [1.807, 2.05) is 60.7 Å². The SMILES string of the molecule is N/N=C(\c1ccccc1)C(NC(=S)NN)c1ccccc1. The second kappa shape index (κ2) is 7.37. The van der Waals surface area contributed by atoms with E-state index in [9.17, 15) is 0 Å². The summed E-state index contributed by atoms with van der Waals surface area (Å²) in [6, 6.07) is 19.2. The number of hydrazine groups is 1. The zero-order valence-corrected chi connectivity index (χ0v) is 12.2. The second-order valence-corrected chi connectivity index (χ2v) is 4.75. The van der Waals surface area contributed by atoms with Crippen LogP contribution in [0.2, 0.25) is 0 Å². The molecule has 2 aromatic rings. The van der Waals surface area contributed by atoms with Crippen molar-refractivity contribution in [3.63, 3.8) is 0 Å². The van der Waals surface area contributed by atoms with Crippen LogP contribution in [0, 0.1) is 0 Å². The van der Waals surface area contributed by atoms with Crippen molar-refractivity contribution in [2.24, 2.45) is 16.8 Å². The minimum absolute atomic E-state index is 0.290. The van der Waals surface area contributed by atoms with Gasteiger partial charge in [-0.25, -0.2) is 5.84 Å². The molecule has 0 fully saturated rings. The van der Waals surface area contributed by atoms with Crippen molar-refractivity contribution in [2.75, 3.05) is 0 Å². The standard InChI is InChI=1S/C15H17N5S/c16-19-14(12-9-5-2-6-10-12)13(18-15(21)20-17)11-7-3-1-4-8-11/h1-10,13H,16-17H2,(H2,18,20,21)/b19-14+. The third-order valence-corrected chi connectivity index (χ3v) is 3.26. The van der Waals surface area contributed by atoms with Gasteiger partial charge in [-0.1, -0.05) is 60.7 Å². The van der Waals surface area contributed by atoms with Crippen LogP contribution in [0.5, 0.6) is 0 Å². The lowest BCUT2D eigenvalue weighted by molar-refractivity contribution is 0.800. The lowest BCUT2D eigenvalue weighted by Crippen LogP contribution is -2.44. The Bertz CT molecular complexity index is 612. The maximum atomic E-state index is 5.61. The van der Waals surface area contributed by atoms with Crippen LogP contribution in [0.15, 0.2) is 65.8 Å². The van der Waals surface area contributed by atoms with Gasteiger partial charge in [-0.2, -0.15) is 5.10 Å². The summed E-state index contributed by atoms with van der Waals surface area (Å²) in [5.74, 6) is 11.0. The quantitative estimate of drug-likeness (QED) is 0.297. The van der Waals surface area contributed by atoms with Crippen LogP contribution in [-0.2, 0) is 0 Å². The summed E-state index contributed by atoms with van der Waals surface area (Å²) in [4.78, 5) is 0. The van der Waals surface area contributed by atoms with E-state index in [0.29, 0.717) is 10.8 Å². The number of nitrogens with zero attached hydrogens (tertiary/aromatic N) is 1. The summed E-state index contributed by atoms with van der Waals surface area (Å²) in [5.41, 5.74) is 5.01. The van der Waals surface area contributed by atoms with Gasteiger partial charge in [0.2, 0.25) is 0 Å². The largest absolute Gasteiger partial charge is 0.349 e. The number of hydrazone groups is 1. The summed E-state index contributed by atoms with van der Waals surface area (Å²) in [7, 11) is 0. The van der Waals surface area contributed by atoms with Crippen molar-refractivity contribution in [2.45, 2.75) is 6.04 Å². The molecular weight excluding hydrogens is 282 g/mol. The molecule has 2 rings (SSSR count). The molecule has 108 valence electrons. The molecule has 0 saturated heterocycles. The minimum atomic E-state index is -0.290. The maximum Gasteiger partial charge on any atom is 0.181 e. The number of rotatable bonds is 4. The first-order valence-electron chi connectivity index (χ1n) is 6.41. The Balaban J connectivity index is 2.41. The van der Waals surface area contributed by atoms with E-state index in [-0.39, 0.29) is 6.04 Å². The average Bonchev–Trinajstić information content (AvgIpc) is 2.56. The van der Waals surface area contributed by atoms with Gasteiger partial charge in [-0.05, 0) is 17.8 Å². The van der Waals surface area contributed by atoms with Crippen LogP contribution in [0.3, 0.4) is 0 Å². The van der Waals surface area contributed by atoms with Crippen molar-refractivity contribution < 1.29 is 0 Å². The third kappa shape index (κ3) is 3.77. The van der Waals surface area contributed by atoms with Gasteiger partial charge in [0.1, 0.15) is 0 Å². The van der Waals surface area contributed by atoms with E-state index in [2.05, 4.69) is 15.8 Å². The molecule has 0 aliphatic heterocycles. The molecule has 6 N–H and O–H groups in total. The number of hydrogen-bond donors (Lipinski definition) is 4. The monoisotopic (exact) mass is 299 g/mol. The number of nitrogens with one attached hydrogen (secondary N) is 2. The van der Waals surface area contributed by atoms with Gasteiger partial charge < -0.3 is 16.6 Å². The van der Waals surface area contributed by atoms with Crippen LogP contribution >= 0.6 is 12.2 Å². The summed E-state index contributed by atoms with van der Waals surface area (Å²) in [6.45, 7) is 0. The molecule has 1 unspecified atom stereocenters. The van der Waals surface area contributed by atoms with E-state index in [4.69, 9.17) is 23.9 Å². The first-order chi connectivity index (χ1) is 10.3. The Morgan fingerprint density at radius 1 is 1.00 bits per heavy atom. The Labute approximate surface area is 129 Å². The molecule has 0 aliphatic carbocycles. The van der Waals surface area contributed by atoms with Gasteiger partial charge in [-0.15, -0.1) is 0 Å². The van der Waals surface area contributed by atoms with Crippen LogP contribution in [-0.4, -0.2) is 10.8 Å². The highest BCUT2D eigenvalue weighted by molar-refractivity contribution is 7.80. The molecule has 0 spiro atoms. The fourth-order valence-electron chi connectivity index (χ4n) is 2.05. The minimum Gasteiger partial charge on any atom is -0.349 e. The lowest BCUT2D eigenvalue weighted by Gasteiger charge is -2.22. The summed E-state index contributed by atoms with van der Waals surface area (Å²) < 4.78 is 0. The molecule has 0 radical (unpaired) electrons. The Hall–Kier alpha value is -2.44. The van der Waals surface area contributed by atoms with Gasteiger partial charge in [0.25, 0.3) is 0 Å². The topological polar surface area (TPSA) is 88.5 Å². The Kier molecular flexibility index (Phi) is 5.25.